The Morgan fingerprint density at radius 3 is 2.52 bits per heavy atom. The van der Waals surface area contributed by atoms with Crippen molar-refractivity contribution in [3.63, 3.8) is 0 Å². The molecule has 0 N–H and O–H groups in total. The number of nitrogens with zero attached hydrogens (tertiary/aromatic N) is 2. The molecule has 5 nitrogen and oxygen atoms in total. The largest absolute Gasteiger partial charge is 0.469 e. The summed E-state index contributed by atoms with van der Waals surface area (Å²) >= 11 is 0. The van der Waals surface area contributed by atoms with Crippen molar-refractivity contribution in [2.45, 2.75) is 20.4 Å². The standard InChI is InChI=1S/C18H18N2O3/c1-12-4-6-14(7-5-12)17-16(19-11-23-17)18(21)20(3)10-15-8-9-22-13(15)2/h4-9,11H,10H2,1-3H3. The van der Waals surface area contributed by atoms with Crippen LogP contribution in [0.3, 0.4) is 0 Å². The van der Waals surface area contributed by atoms with Crippen molar-refractivity contribution in [2.24, 2.45) is 0 Å². The number of hydrogen-bond acceptors (Lipinski definition) is 4. The first-order valence-electron chi connectivity index (χ1n) is 7.35. The van der Waals surface area contributed by atoms with Gasteiger partial charge in [-0.2, -0.15) is 0 Å². The topological polar surface area (TPSA) is 59.5 Å². The quantitative estimate of drug-likeness (QED) is 0.735. The van der Waals surface area contributed by atoms with E-state index in [1.807, 2.05) is 44.2 Å². The van der Waals surface area contributed by atoms with Gasteiger partial charge in [-0.25, -0.2) is 4.98 Å². The molecule has 118 valence electrons. The molecule has 0 aliphatic heterocycles. The Morgan fingerprint density at radius 2 is 1.87 bits per heavy atom. The molecule has 3 aromatic rings. The SMILES string of the molecule is Cc1ccc(-c2ocnc2C(=O)N(C)Cc2ccoc2C)cc1. The molecular formula is C18H18N2O3. The summed E-state index contributed by atoms with van der Waals surface area (Å²) in [6.07, 6.45) is 2.93. The van der Waals surface area contributed by atoms with Crippen molar-refractivity contribution in [1.82, 2.24) is 9.88 Å². The van der Waals surface area contributed by atoms with E-state index in [-0.39, 0.29) is 5.91 Å². The summed E-state index contributed by atoms with van der Waals surface area (Å²) in [5.74, 6) is 1.12. The lowest BCUT2D eigenvalue weighted by atomic mass is 10.1. The maximum absolute atomic E-state index is 12.7. The van der Waals surface area contributed by atoms with E-state index in [2.05, 4.69) is 4.98 Å². The number of oxazole rings is 1. The maximum Gasteiger partial charge on any atom is 0.276 e. The van der Waals surface area contributed by atoms with Crippen molar-refractivity contribution in [2.75, 3.05) is 7.05 Å². The van der Waals surface area contributed by atoms with E-state index in [9.17, 15) is 4.79 Å². The molecule has 0 radical (unpaired) electrons. The first kappa shape index (κ1) is 15.1. The number of carbonyl (C=O) groups is 1. The molecule has 2 heterocycles. The third-order valence-corrected chi connectivity index (χ3v) is 3.80. The van der Waals surface area contributed by atoms with Crippen LogP contribution >= 0.6 is 0 Å². The van der Waals surface area contributed by atoms with Crippen LogP contribution in [0.2, 0.25) is 0 Å². The second kappa shape index (κ2) is 6.12. The monoisotopic (exact) mass is 310 g/mol. The molecule has 5 heteroatoms. The smallest absolute Gasteiger partial charge is 0.276 e. The Hall–Kier alpha value is -2.82. The average Bonchev–Trinajstić information content (AvgIpc) is 3.17. The van der Waals surface area contributed by atoms with Crippen LogP contribution in [0.15, 0.2) is 51.8 Å². The lowest BCUT2D eigenvalue weighted by molar-refractivity contribution is 0.0780. The van der Waals surface area contributed by atoms with Crippen LogP contribution < -0.4 is 0 Å². The van der Waals surface area contributed by atoms with Crippen LogP contribution in [-0.4, -0.2) is 22.8 Å². The summed E-state index contributed by atoms with van der Waals surface area (Å²) in [7, 11) is 1.74. The number of furan rings is 1. The maximum atomic E-state index is 12.7. The van der Waals surface area contributed by atoms with Crippen LogP contribution in [-0.2, 0) is 6.54 Å². The molecule has 1 amide bonds. The molecule has 0 aliphatic rings. The van der Waals surface area contributed by atoms with Gasteiger partial charge in [0.2, 0.25) is 0 Å². The second-order valence-corrected chi connectivity index (χ2v) is 5.56. The molecule has 0 unspecified atom stereocenters. The summed E-state index contributed by atoms with van der Waals surface area (Å²) < 4.78 is 10.7. The molecule has 0 atom stereocenters. The highest BCUT2D eigenvalue weighted by atomic mass is 16.3. The van der Waals surface area contributed by atoms with Gasteiger partial charge < -0.3 is 13.7 Å². The highest BCUT2D eigenvalue weighted by molar-refractivity contribution is 5.97. The Labute approximate surface area is 134 Å². The van der Waals surface area contributed by atoms with Crippen molar-refractivity contribution >= 4 is 5.91 Å². The zero-order chi connectivity index (χ0) is 16.4. The summed E-state index contributed by atoms with van der Waals surface area (Å²) in [5.41, 5.74) is 3.27. The van der Waals surface area contributed by atoms with Gasteiger partial charge in [0, 0.05) is 24.7 Å². The number of amides is 1. The number of hydrogen-bond donors (Lipinski definition) is 0. The Balaban J connectivity index is 1.84. The fourth-order valence-electron chi connectivity index (χ4n) is 2.39. The van der Waals surface area contributed by atoms with Crippen LogP contribution in [0, 0.1) is 13.8 Å². The van der Waals surface area contributed by atoms with Gasteiger partial charge in [-0.1, -0.05) is 29.8 Å². The van der Waals surface area contributed by atoms with Crippen molar-refractivity contribution in [1.29, 1.82) is 0 Å². The van der Waals surface area contributed by atoms with Gasteiger partial charge in [-0.15, -0.1) is 0 Å². The first-order chi connectivity index (χ1) is 11.1. The molecule has 1 aromatic carbocycles. The van der Waals surface area contributed by atoms with Crippen molar-refractivity contribution in [3.05, 3.63) is 65.6 Å². The lowest BCUT2D eigenvalue weighted by Gasteiger charge is -2.16. The van der Waals surface area contributed by atoms with Crippen molar-refractivity contribution in [3.8, 4) is 11.3 Å². The van der Waals surface area contributed by atoms with Gasteiger partial charge in [0.25, 0.3) is 5.91 Å². The Morgan fingerprint density at radius 1 is 1.13 bits per heavy atom. The normalized spacial score (nSPS) is 10.7. The minimum absolute atomic E-state index is 0.185. The summed E-state index contributed by atoms with van der Waals surface area (Å²) in [5, 5.41) is 0. The minimum atomic E-state index is -0.185. The zero-order valence-electron chi connectivity index (χ0n) is 13.4. The molecule has 0 saturated heterocycles. The average molecular weight is 310 g/mol. The molecule has 0 aliphatic carbocycles. The Kier molecular flexibility index (Phi) is 4.02. The highest BCUT2D eigenvalue weighted by Gasteiger charge is 2.22. The molecule has 0 fully saturated rings. The van der Waals surface area contributed by atoms with E-state index in [0.717, 1.165) is 22.5 Å². The molecule has 0 saturated carbocycles. The molecule has 2 aromatic heterocycles. The van der Waals surface area contributed by atoms with Crippen LogP contribution in [0.25, 0.3) is 11.3 Å². The van der Waals surface area contributed by atoms with E-state index >= 15 is 0 Å². The summed E-state index contributed by atoms with van der Waals surface area (Å²) in [6, 6.07) is 9.66. The highest BCUT2D eigenvalue weighted by Crippen LogP contribution is 2.25. The van der Waals surface area contributed by atoms with Gasteiger partial charge >= 0.3 is 0 Å². The predicted molar refractivity (Wildman–Crippen MR) is 85.9 cm³/mol. The molecule has 0 bridgehead atoms. The van der Waals surface area contributed by atoms with E-state index in [1.165, 1.54) is 6.39 Å². The van der Waals surface area contributed by atoms with Gasteiger partial charge in [0.1, 0.15) is 5.76 Å². The molecular weight excluding hydrogens is 292 g/mol. The van der Waals surface area contributed by atoms with E-state index in [4.69, 9.17) is 8.83 Å². The van der Waals surface area contributed by atoms with E-state index in [0.29, 0.717) is 18.0 Å². The molecule has 23 heavy (non-hydrogen) atoms. The number of carbonyl (C=O) groups excluding carboxylic acids is 1. The lowest BCUT2D eigenvalue weighted by Crippen LogP contribution is -2.27. The van der Waals surface area contributed by atoms with Crippen LogP contribution in [0.1, 0.15) is 27.4 Å². The van der Waals surface area contributed by atoms with Gasteiger partial charge in [0.15, 0.2) is 17.8 Å². The zero-order valence-corrected chi connectivity index (χ0v) is 13.4. The van der Waals surface area contributed by atoms with E-state index in [1.54, 1.807) is 18.2 Å². The summed E-state index contributed by atoms with van der Waals surface area (Å²) in [6.45, 7) is 4.35. The van der Waals surface area contributed by atoms with Gasteiger partial charge in [-0.05, 0) is 19.9 Å². The second-order valence-electron chi connectivity index (χ2n) is 5.56. The third-order valence-electron chi connectivity index (χ3n) is 3.80. The van der Waals surface area contributed by atoms with E-state index < -0.39 is 0 Å². The summed E-state index contributed by atoms with van der Waals surface area (Å²) in [4.78, 5) is 18.4. The number of rotatable bonds is 4. The first-order valence-corrected chi connectivity index (χ1v) is 7.35. The van der Waals surface area contributed by atoms with Gasteiger partial charge in [-0.3, -0.25) is 4.79 Å². The van der Waals surface area contributed by atoms with Crippen LogP contribution in [0.5, 0.6) is 0 Å². The predicted octanol–water partition coefficient (Wildman–Crippen LogP) is 3.82. The van der Waals surface area contributed by atoms with Crippen molar-refractivity contribution < 1.29 is 13.6 Å². The fraction of sp³-hybridized carbons (Fsp3) is 0.222. The minimum Gasteiger partial charge on any atom is -0.469 e. The third kappa shape index (κ3) is 3.04. The Bertz CT molecular complexity index is 815. The number of benzene rings is 1. The fourth-order valence-corrected chi connectivity index (χ4v) is 2.39. The number of aryl methyl sites for hydroxylation is 2. The molecule has 0 spiro atoms. The van der Waals surface area contributed by atoms with Crippen LogP contribution in [0.4, 0.5) is 0 Å². The molecule has 3 rings (SSSR count). The number of aromatic nitrogens is 1. The van der Waals surface area contributed by atoms with Gasteiger partial charge in [0.05, 0.1) is 6.26 Å².